The van der Waals surface area contributed by atoms with Gasteiger partial charge in [-0.15, -0.1) is 5.92 Å². The second kappa shape index (κ2) is 6.50. The Morgan fingerprint density at radius 2 is 2.15 bits per heavy atom. The maximum Gasteiger partial charge on any atom is 0.222 e. The molecule has 0 rings (SSSR count). The van der Waals surface area contributed by atoms with Crippen LogP contribution in [0.5, 0.6) is 0 Å². The van der Waals surface area contributed by atoms with Crippen LogP contribution < -0.4 is 11.1 Å². The van der Waals surface area contributed by atoms with Gasteiger partial charge in [-0.05, 0) is 12.8 Å². The summed E-state index contributed by atoms with van der Waals surface area (Å²) in [6.07, 6.45) is 0.378. The first kappa shape index (κ1) is 12.0. The van der Waals surface area contributed by atoms with E-state index in [9.17, 15) is 4.79 Å². The van der Waals surface area contributed by atoms with Crippen molar-refractivity contribution < 1.29 is 4.79 Å². The fraction of sp³-hybridized carbons (Fsp3) is 0.700. The van der Waals surface area contributed by atoms with Gasteiger partial charge in [-0.1, -0.05) is 19.8 Å². The largest absolute Gasteiger partial charge is 0.345 e. The van der Waals surface area contributed by atoms with Crippen LogP contribution in [-0.4, -0.2) is 18.5 Å². The molecule has 1 atom stereocenters. The van der Waals surface area contributed by atoms with E-state index >= 15 is 0 Å². The van der Waals surface area contributed by atoms with Gasteiger partial charge >= 0.3 is 0 Å². The van der Waals surface area contributed by atoms with Crippen LogP contribution >= 0.6 is 0 Å². The number of carbonyl (C=O) groups excluding carboxylic acids is 1. The Labute approximate surface area is 80.1 Å². The average molecular weight is 182 g/mol. The number of hydrogen-bond donors (Lipinski definition) is 2. The summed E-state index contributed by atoms with van der Waals surface area (Å²) < 4.78 is 0. The van der Waals surface area contributed by atoms with E-state index in [1.165, 1.54) is 0 Å². The molecule has 74 valence electrons. The van der Waals surface area contributed by atoms with Gasteiger partial charge in [0.1, 0.15) is 0 Å². The van der Waals surface area contributed by atoms with Crippen LogP contribution in [0.1, 0.15) is 27.2 Å². The third kappa shape index (κ3) is 6.18. The number of nitrogens with two attached hydrogens (primary N) is 1. The molecular weight excluding hydrogens is 164 g/mol. The molecule has 0 aliphatic rings. The van der Waals surface area contributed by atoms with Gasteiger partial charge in [0.15, 0.2) is 0 Å². The molecule has 0 aliphatic carbocycles. The molecule has 0 fully saturated rings. The molecule has 1 unspecified atom stereocenters. The molecule has 0 aromatic carbocycles. The van der Waals surface area contributed by atoms with Crippen molar-refractivity contribution in [3.8, 4) is 11.8 Å². The summed E-state index contributed by atoms with van der Waals surface area (Å²) in [7, 11) is 0. The lowest BCUT2D eigenvalue weighted by Gasteiger charge is -2.14. The van der Waals surface area contributed by atoms with Crippen molar-refractivity contribution in [2.24, 2.45) is 11.7 Å². The predicted molar refractivity (Wildman–Crippen MR) is 53.9 cm³/mol. The minimum atomic E-state index is -0.0606. The number of rotatable bonds is 4. The van der Waals surface area contributed by atoms with Crippen LogP contribution in [0.3, 0.4) is 0 Å². The second-order valence-corrected chi connectivity index (χ2v) is 3.32. The lowest BCUT2D eigenvalue weighted by Crippen LogP contribution is -2.34. The van der Waals surface area contributed by atoms with Crippen LogP contribution in [0.15, 0.2) is 0 Å². The molecule has 0 bridgehead atoms. The molecule has 0 saturated carbocycles. The van der Waals surface area contributed by atoms with E-state index < -0.39 is 0 Å². The predicted octanol–water partition coefficient (Wildman–Crippen LogP) is 0.499. The van der Waals surface area contributed by atoms with E-state index in [4.69, 9.17) is 5.73 Å². The molecule has 3 nitrogen and oxygen atoms in total. The van der Waals surface area contributed by atoms with E-state index in [1.807, 2.05) is 13.8 Å². The fourth-order valence-electron chi connectivity index (χ4n) is 0.753. The second-order valence-electron chi connectivity index (χ2n) is 3.32. The summed E-state index contributed by atoms with van der Waals surface area (Å²) in [5.74, 6) is 5.77. The first-order valence-electron chi connectivity index (χ1n) is 4.49. The Balaban J connectivity index is 3.66. The number of nitrogens with one attached hydrogen (secondary N) is 1. The lowest BCUT2D eigenvalue weighted by molar-refractivity contribution is -0.121. The Morgan fingerprint density at radius 1 is 1.54 bits per heavy atom. The summed E-state index contributed by atoms with van der Waals surface area (Å²) in [5.41, 5.74) is 5.72. The minimum Gasteiger partial charge on any atom is -0.345 e. The average Bonchev–Trinajstić information content (AvgIpc) is 2.04. The summed E-state index contributed by atoms with van der Waals surface area (Å²) >= 11 is 0. The Kier molecular flexibility index (Phi) is 5.99. The molecule has 0 aliphatic heterocycles. The van der Waals surface area contributed by atoms with Crippen LogP contribution in [0, 0.1) is 17.8 Å². The number of amides is 1. The van der Waals surface area contributed by atoms with Crippen LogP contribution in [0.4, 0.5) is 0 Å². The summed E-state index contributed by atoms with van der Waals surface area (Å²) in [6.45, 7) is 6.17. The standard InChI is InChI=1S/C10H18N2O/c1-4-5-6-12-10(13)7-9(11)8(2)3/h8-9H,6-7,11H2,1-3H3,(H,12,13). The molecule has 1 amide bonds. The van der Waals surface area contributed by atoms with Crippen molar-refractivity contribution in [2.45, 2.75) is 33.2 Å². The Morgan fingerprint density at radius 3 is 2.62 bits per heavy atom. The molecule has 0 aromatic rings. The minimum absolute atomic E-state index is 0.0241. The van der Waals surface area contributed by atoms with Crippen molar-refractivity contribution in [2.75, 3.05) is 6.54 Å². The fourth-order valence-corrected chi connectivity index (χ4v) is 0.753. The van der Waals surface area contributed by atoms with Crippen molar-refractivity contribution in [1.82, 2.24) is 5.32 Å². The maximum absolute atomic E-state index is 11.2. The van der Waals surface area contributed by atoms with Gasteiger partial charge in [0.05, 0.1) is 6.54 Å². The smallest absolute Gasteiger partial charge is 0.222 e. The highest BCUT2D eigenvalue weighted by Crippen LogP contribution is 2.01. The van der Waals surface area contributed by atoms with Crippen molar-refractivity contribution in [3.63, 3.8) is 0 Å². The molecule has 3 heteroatoms. The van der Waals surface area contributed by atoms with E-state index in [1.54, 1.807) is 6.92 Å². The van der Waals surface area contributed by atoms with Crippen LogP contribution in [0.2, 0.25) is 0 Å². The van der Waals surface area contributed by atoms with E-state index in [0.29, 0.717) is 18.9 Å². The SMILES string of the molecule is CC#CCNC(=O)CC(N)C(C)C. The van der Waals surface area contributed by atoms with Crippen LogP contribution in [0.25, 0.3) is 0 Å². The highest BCUT2D eigenvalue weighted by molar-refractivity contribution is 5.76. The van der Waals surface area contributed by atoms with Crippen LogP contribution in [-0.2, 0) is 4.79 Å². The summed E-state index contributed by atoms with van der Waals surface area (Å²) in [5, 5.41) is 2.68. The van der Waals surface area contributed by atoms with Gasteiger partial charge in [-0.25, -0.2) is 0 Å². The van der Waals surface area contributed by atoms with Crippen molar-refractivity contribution >= 4 is 5.91 Å². The number of hydrogen-bond acceptors (Lipinski definition) is 2. The molecular formula is C10H18N2O. The van der Waals surface area contributed by atoms with Crippen molar-refractivity contribution in [3.05, 3.63) is 0 Å². The molecule has 0 saturated heterocycles. The van der Waals surface area contributed by atoms with E-state index in [0.717, 1.165) is 0 Å². The van der Waals surface area contributed by atoms with Gasteiger partial charge in [-0.3, -0.25) is 4.79 Å². The maximum atomic E-state index is 11.2. The van der Waals surface area contributed by atoms with E-state index in [2.05, 4.69) is 17.2 Å². The molecule has 13 heavy (non-hydrogen) atoms. The zero-order valence-electron chi connectivity index (χ0n) is 8.55. The van der Waals surface area contributed by atoms with Crippen molar-refractivity contribution in [1.29, 1.82) is 0 Å². The molecule has 0 radical (unpaired) electrons. The van der Waals surface area contributed by atoms with Gasteiger partial charge in [0.25, 0.3) is 0 Å². The Bertz CT molecular complexity index is 213. The van der Waals surface area contributed by atoms with Gasteiger partial charge in [-0.2, -0.15) is 0 Å². The van der Waals surface area contributed by atoms with Gasteiger partial charge in [0, 0.05) is 12.5 Å². The molecule has 3 N–H and O–H groups in total. The highest BCUT2D eigenvalue weighted by Gasteiger charge is 2.11. The number of carbonyl (C=O) groups is 1. The molecule has 0 heterocycles. The zero-order chi connectivity index (χ0) is 10.3. The Hall–Kier alpha value is -1.01. The van der Waals surface area contributed by atoms with Gasteiger partial charge in [0.2, 0.25) is 5.91 Å². The molecule has 0 spiro atoms. The van der Waals surface area contributed by atoms with Gasteiger partial charge < -0.3 is 11.1 Å². The first-order chi connectivity index (χ1) is 6.07. The normalized spacial score (nSPS) is 11.8. The summed E-state index contributed by atoms with van der Waals surface area (Å²) in [4.78, 5) is 11.2. The summed E-state index contributed by atoms with van der Waals surface area (Å²) in [6, 6.07) is -0.0606. The lowest BCUT2D eigenvalue weighted by atomic mass is 10.0. The third-order valence-corrected chi connectivity index (χ3v) is 1.83. The quantitative estimate of drug-likeness (QED) is 0.622. The molecule has 0 aromatic heterocycles. The highest BCUT2D eigenvalue weighted by atomic mass is 16.1. The zero-order valence-corrected chi connectivity index (χ0v) is 8.55. The third-order valence-electron chi connectivity index (χ3n) is 1.83. The van der Waals surface area contributed by atoms with E-state index in [-0.39, 0.29) is 11.9 Å². The topological polar surface area (TPSA) is 55.1 Å². The monoisotopic (exact) mass is 182 g/mol. The first-order valence-corrected chi connectivity index (χ1v) is 4.49.